The molecule has 6 heteroatoms. The lowest BCUT2D eigenvalue weighted by atomic mass is 10.0. The van der Waals surface area contributed by atoms with Gasteiger partial charge in [0.15, 0.2) is 0 Å². The van der Waals surface area contributed by atoms with Crippen molar-refractivity contribution in [3.8, 4) is 5.75 Å². The lowest BCUT2D eigenvalue weighted by molar-refractivity contribution is 0.0976. The standard InChI is InChI=1S/C16H24FNO4.H2/c1-4-21-16(19)18-7-8-20-9-10-22-15-11-13(17)5-6-14(15)12(2)3;/h5-6,11-12H,4,7-10H2,1-3H3,(H,18,19);1H. The minimum Gasteiger partial charge on any atom is -0.491 e. The first kappa shape index (κ1) is 18.2. The number of amides is 1. The second kappa shape index (κ2) is 10.00. The van der Waals surface area contributed by atoms with Gasteiger partial charge in [0.1, 0.15) is 18.2 Å². The van der Waals surface area contributed by atoms with Crippen LogP contribution < -0.4 is 10.1 Å². The lowest BCUT2D eigenvalue weighted by Gasteiger charge is -2.14. The number of halogens is 1. The van der Waals surface area contributed by atoms with Crippen LogP contribution in [0.4, 0.5) is 9.18 Å². The molecule has 0 bridgehead atoms. The summed E-state index contributed by atoms with van der Waals surface area (Å²) in [5.74, 6) is 0.479. The Balaban J connectivity index is 0.00000484. The normalized spacial score (nSPS) is 10.6. The number of benzene rings is 1. The summed E-state index contributed by atoms with van der Waals surface area (Å²) < 4.78 is 28.9. The van der Waals surface area contributed by atoms with Crippen LogP contribution in [0, 0.1) is 5.82 Å². The Kier molecular flexibility index (Phi) is 8.28. The molecule has 1 aromatic rings. The summed E-state index contributed by atoms with van der Waals surface area (Å²) in [6.45, 7) is 7.55. The maximum Gasteiger partial charge on any atom is 0.407 e. The van der Waals surface area contributed by atoms with E-state index < -0.39 is 6.09 Å². The number of carbonyl (C=O) groups is 1. The van der Waals surface area contributed by atoms with Gasteiger partial charge in [0.2, 0.25) is 0 Å². The molecule has 0 unspecified atom stereocenters. The van der Waals surface area contributed by atoms with Gasteiger partial charge in [-0.05, 0) is 24.5 Å². The zero-order valence-corrected chi connectivity index (χ0v) is 13.4. The summed E-state index contributed by atoms with van der Waals surface area (Å²) in [5.41, 5.74) is 0.963. The minimum atomic E-state index is -0.455. The summed E-state index contributed by atoms with van der Waals surface area (Å²) >= 11 is 0. The van der Waals surface area contributed by atoms with Crippen LogP contribution in [0.15, 0.2) is 18.2 Å². The molecule has 0 atom stereocenters. The SMILES string of the molecule is CCOC(=O)NCCOCCOc1cc(F)ccc1C(C)C.[HH]. The Hall–Kier alpha value is -1.82. The summed E-state index contributed by atoms with van der Waals surface area (Å²) in [7, 11) is 0. The van der Waals surface area contributed by atoms with E-state index in [2.05, 4.69) is 5.32 Å². The molecule has 0 aliphatic heterocycles. The Morgan fingerprint density at radius 2 is 2.09 bits per heavy atom. The fourth-order valence-electron chi connectivity index (χ4n) is 1.83. The molecule has 1 aromatic carbocycles. The van der Waals surface area contributed by atoms with Crippen molar-refractivity contribution < 1.29 is 24.8 Å². The van der Waals surface area contributed by atoms with Crippen LogP contribution in [0.5, 0.6) is 5.75 Å². The van der Waals surface area contributed by atoms with Crippen molar-refractivity contribution in [3.63, 3.8) is 0 Å². The fraction of sp³-hybridized carbons (Fsp3) is 0.562. The summed E-state index contributed by atoms with van der Waals surface area (Å²) in [4.78, 5) is 11.0. The van der Waals surface area contributed by atoms with E-state index in [0.717, 1.165) is 5.56 Å². The van der Waals surface area contributed by atoms with Gasteiger partial charge in [-0.3, -0.25) is 0 Å². The first-order valence-corrected chi connectivity index (χ1v) is 7.45. The van der Waals surface area contributed by atoms with Crippen molar-refractivity contribution in [3.05, 3.63) is 29.6 Å². The molecule has 0 heterocycles. The van der Waals surface area contributed by atoms with E-state index in [1.54, 1.807) is 13.0 Å². The number of hydrogen-bond acceptors (Lipinski definition) is 4. The predicted molar refractivity (Wildman–Crippen MR) is 83.9 cm³/mol. The third-order valence-electron chi connectivity index (χ3n) is 2.87. The van der Waals surface area contributed by atoms with E-state index in [4.69, 9.17) is 14.2 Å². The number of nitrogens with one attached hydrogen (secondary N) is 1. The van der Waals surface area contributed by atoms with E-state index in [-0.39, 0.29) is 13.2 Å². The second-order valence-corrected chi connectivity index (χ2v) is 4.94. The highest BCUT2D eigenvalue weighted by Crippen LogP contribution is 2.27. The number of hydrogen-bond donors (Lipinski definition) is 1. The predicted octanol–water partition coefficient (Wildman–Crippen LogP) is 3.34. The average molecular weight is 315 g/mol. The molecular formula is C16H26FNO4. The highest BCUT2D eigenvalue weighted by Gasteiger charge is 2.09. The number of alkyl carbamates (subject to hydrolysis) is 1. The van der Waals surface area contributed by atoms with Gasteiger partial charge >= 0.3 is 6.09 Å². The molecule has 1 N–H and O–H groups in total. The highest BCUT2D eigenvalue weighted by molar-refractivity contribution is 5.66. The van der Waals surface area contributed by atoms with Crippen molar-refractivity contribution in [1.29, 1.82) is 0 Å². The third kappa shape index (κ3) is 6.76. The van der Waals surface area contributed by atoms with Gasteiger partial charge < -0.3 is 19.5 Å². The smallest absolute Gasteiger partial charge is 0.407 e. The van der Waals surface area contributed by atoms with Crippen molar-refractivity contribution in [2.24, 2.45) is 0 Å². The zero-order chi connectivity index (χ0) is 16.4. The molecule has 0 saturated heterocycles. The molecule has 1 rings (SSSR count). The maximum atomic E-state index is 13.3. The van der Waals surface area contributed by atoms with Crippen LogP contribution in [0.3, 0.4) is 0 Å². The highest BCUT2D eigenvalue weighted by atomic mass is 19.1. The Morgan fingerprint density at radius 3 is 2.77 bits per heavy atom. The number of carbonyl (C=O) groups excluding carboxylic acids is 1. The van der Waals surface area contributed by atoms with Crippen LogP contribution in [0.2, 0.25) is 0 Å². The van der Waals surface area contributed by atoms with Gasteiger partial charge in [0, 0.05) is 14.0 Å². The summed E-state index contributed by atoms with van der Waals surface area (Å²) in [6, 6.07) is 4.55. The van der Waals surface area contributed by atoms with E-state index >= 15 is 0 Å². The van der Waals surface area contributed by atoms with Crippen LogP contribution >= 0.6 is 0 Å². The molecule has 126 valence electrons. The molecular weight excluding hydrogens is 289 g/mol. The van der Waals surface area contributed by atoms with Crippen LogP contribution in [-0.4, -0.2) is 39.1 Å². The first-order valence-electron chi connectivity index (χ1n) is 7.45. The Labute approximate surface area is 132 Å². The van der Waals surface area contributed by atoms with Crippen LogP contribution in [0.1, 0.15) is 33.7 Å². The lowest BCUT2D eigenvalue weighted by Crippen LogP contribution is -2.28. The topological polar surface area (TPSA) is 56.8 Å². The Bertz CT molecular complexity index is 471. The van der Waals surface area contributed by atoms with E-state index in [9.17, 15) is 9.18 Å². The molecule has 0 aliphatic carbocycles. The van der Waals surface area contributed by atoms with E-state index in [1.807, 2.05) is 13.8 Å². The van der Waals surface area contributed by atoms with Crippen molar-refractivity contribution in [2.45, 2.75) is 26.7 Å². The molecule has 1 amide bonds. The third-order valence-corrected chi connectivity index (χ3v) is 2.87. The van der Waals surface area contributed by atoms with Crippen LogP contribution in [0.25, 0.3) is 0 Å². The minimum absolute atomic E-state index is 0. The van der Waals surface area contributed by atoms with Gasteiger partial charge in [-0.1, -0.05) is 19.9 Å². The zero-order valence-electron chi connectivity index (χ0n) is 13.4. The second-order valence-electron chi connectivity index (χ2n) is 4.94. The first-order chi connectivity index (χ1) is 10.5. The molecule has 0 aromatic heterocycles. The van der Waals surface area contributed by atoms with E-state index in [0.29, 0.717) is 38.7 Å². The van der Waals surface area contributed by atoms with Crippen molar-refractivity contribution in [2.75, 3.05) is 33.0 Å². The van der Waals surface area contributed by atoms with Crippen molar-refractivity contribution >= 4 is 6.09 Å². The molecule has 22 heavy (non-hydrogen) atoms. The summed E-state index contributed by atoms with van der Waals surface area (Å²) in [6.07, 6.45) is -0.455. The quantitative estimate of drug-likeness (QED) is 0.710. The van der Waals surface area contributed by atoms with E-state index in [1.165, 1.54) is 12.1 Å². The monoisotopic (exact) mass is 315 g/mol. The van der Waals surface area contributed by atoms with Gasteiger partial charge in [-0.2, -0.15) is 0 Å². The number of ether oxygens (including phenoxy) is 3. The molecule has 0 fully saturated rings. The largest absolute Gasteiger partial charge is 0.491 e. The van der Waals surface area contributed by atoms with Gasteiger partial charge in [0.25, 0.3) is 0 Å². The molecule has 0 radical (unpaired) electrons. The van der Waals surface area contributed by atoms with Gasteiger partial charge in [-0.15, -0.1) is 0 Å². The summed E-state index contributed by atoms with van der Waals surface area (Å²) in [5, 5.41) is 2.55. The molecule has 0 saturated carbocycles. The number of rotatable bonds is 9. The fourth-order valence-corrected chi connectivity index (χ4v) is 1.83. The molecule has 0 aliphatic rings. The average Bonchev–Trinajstić information content (AvgIpc) is 2.46. The van der Waals surface area contributed by atoms with Crippen molar-refractivity contribution in [1.82, 2.24) is 5.32 Å². The molecule has 0 spiro atoms. The maximum absolute atomic E-state index is 13.3. The van der Waals surface area contributed by atoms with Gasteiger partial charge in [0.05, 0.1) is 19.8 Å². The molecule has 5 nitrogen and oxygen atoms in total. The van der Waals surface area contributed by atoms with Gasteiger partial charge in [-0.25, -0.2) is 9.18 Å². The van der Waals surface area contributed by atoms with Crippen LogP contribution in [-0.2, 0) is 9.47 Å². The Morgan fingerprint density at radius 1 is 1.32 bits per heavy atom.